The molecule has 2 aromatic carbocycles. The molecule has 3 heteroatoms. The van der Waals surface area contributed by atoms with Gasteiger partial charge in [-0.05, 0) is 37.0 Å². The predicted molar refractivity (Wildman–Crippen MR) is 103 cm³/mol. The molecule has 2 aliphatic rings. The van der Waals surface area contributed by atoms with E-state index in [0.717, 1.165) is 24.4 Å². The summed E-state index contributed by atoms with van der Waals surface area (Å²) in [5.74, 6) is -0.346. The average molecular weight is 343 g/mol. The van der Waals surface area contributed by atoms with Crippen LogP contribution in [-0.4, -0.2) is 29.6 Å². The molecule has 1 aliphatic carbocycles. The normalized spacial score (nSPS) is 17.5. The molecule has 1 fully saturated rings. The first-order valence-electron chi connectivity index (χ1n) is 9.16. The van der Waals surface area contributed by atoms with Gasteiger partial charge in [0.1, 0.15) is 0 Å². The quantitative estimate of drug-likeness (QED) is 0.607. The molecule has 0 N–H and O–H groups in total. The molecule has 26 heavy (non-hydrogen) atoms. The lowest BCUT2D eigenvalue weighted by molar-refractivity contribution is 0.0989. The number of benzene rings is 2. The van der Waals surface area contributed by atoms with Crippen LogP contribution in [0.25, 0.3) is 5.70 Å². The van der Waals surface area contributed by atoms with Gasteiger partial charge in [-0.3, -0.25) is 9.59 Å². The Bertz CT molecular complexity index is 866. The monoisotopic (exact) mass is 343 g/mol. The summed E-state index contributed by atoms with van der Waals surface area (Å²) in [5.41, 5.74) is 3.47. The van der Waals surface area contributed by atoms with Crippen LogP contribution in [0.5, 0.6) is 0 Å². The molecule has 0 amide bonds. The third-order valence-corrected chi connectivity index (χ3v) is 5.08. The minimum absolute atomic E-state index is 0.173. The SMILES string of the molecule is O=C1C(=C/C=C(\c2ccccc2)N2CCCCC2)C(=O)c2ccccc21. The van der Waals surface area contributed by atoms with Gasteiger partial charge in [-0.25, -0.2) is 0 Å². The Labute approximate surface area is 153 Å². The van der Waals surface area contributed by atoms with Crippen LogP contribution in [-0.2, 0) is 0 Å². The first-order valence-corrected chi connectivity index (χ1v) is 9.16. The largest absolute Gasteiger partial charge is 0.371 e. The Morgan fingerprint density at radius 3 is 1.96 bits per heavy atom. The van der Waals surface area contributed by atoms with Crippen molar-refractivity contribution in [2.75, 3.05) is 13.1 Å². The number of hydrogen-bond acceptors (Lipinski definition) is 3. The lowest BCUT2D eigenvalue weighted by Gasteiger charge is -2.31. The molecule has 1 saturated heterocycles. The Morgan fingerprint density at radius 2 is 1.35 bits per heavy atom. The first kappa shape index (κ1) is 16.5. The lowest BCUT2D eigenvalue weighted by Crippen LogP contribution is -2.28. The Hall–Kier alpha value is -2.94. The van der Waals surface area contributed by atoms with E-state index in [4.69, 9.17) is 0 Å². The number of rotatable bonds is 3. The number of likely N-dealkylation sites (tertiary alicyclic amines) is 1. The Balaban J connectivity index is 1.73. The first-order chi connectivity index (χ1) is 12.8. The lowest BCUT2D eigenvalue weighted by atomic mass is 10.0. The topological polar surface area (TPSA) is 37.4 Å². The summed E-state index contributed by atoms with van der Waals surface area (Å²) in [6.45, 7) is 2.01. The van der Waals surface area contributed by atoms with E-state index in [1.165, 1.54) is 19.3 Å². The van der Waals surface area contributed by atoms with E-state index >= 15 is 0 Å². The van der Waals surface area contributed by atoms with Crippen molar-refractivity contribution in [1.29, 1.82) is 0 Å². The molecule has 4 rings (SSSR count). The zero-order chi connectivity index (χ0) is 17.9. The third-order valence-electron chi connectivity index (χ3n) is 5.08. The maximum atomic E-state index is 12.6. The molecule has 0 atom stereocenters. The van der Waals surface area contributed by atoms with E-state index in [1.54, 1.807) is 30.3 Å². The molecular formula is C23H21NO2. The Kier molecular flexibility index (Phi) is 4.53. The minimum atomic E-state index is -0.173. The average Bonchev–Trinajstić information content (AvgIpc) is 2.95. The number of allylic oxidation sites excluding steroid dienone is 3. The van der Waals surface area contributed by atoms with Crippen LogP contribution in [0.4, 0.5) is 0 Å². The fourth-order valence-electron chi connectivity index (χ4n) is 3.71. The van der Waals surface area contributed by atoms with E-state index in [1.807, 2.05) is 24.3 Å². The number of fused-ring (bicyclic) bond motifs is 1. The maximum absolute atomic E-state index is 12.6. The molecule has 1 heterocycles. The van der Waals surface area contributed by atoms with Gasteiger partial charge in [0.05, 0.1) is 5.57 Å². The van der Waals surface area contributed by atoms with Crippen LogP contribution in [0.3, 0.4) is 0 Å². The summed E-state index contributed by atoms with van der Waals surface area (Å²) >= 11 is 0. The minimum Gasteiger partial charge on any atom is -0.371 e. The molecule has 0 spiro atoms. The van der Waals surface area contributed by atoms with E-state index < -0.39 is 0 Å². The molecular weight excluding hydrogens is 322 g/mol. The van der Waals surface area contributed by atoms with Crippen molar-refractivity contribution in [2.24, 2.45) is 0 Å². The summed E-state index contributed by atoms with van der Waals surface area (Å²) in [5, 5.41) is 0. The predicted octanol–water partition coefficient (Wildman–Crippen LogP) is 4.52. The van der Waals surface area contributed by atoms with Crippen LogP contribution in [0, 0.1) is 0 Å². The van der Waals surface area contributed by atoms with Gasteiger partial charge < -0.3 is 4.90 Å². The van der Waals surface area contributed by atoms with Crippen LogP contribution in [0.1, 0.15) is 45.5 Å². The molecule has 0 radical (unpaired) electrons. The van der Waals surface area contributed by atoms with Crippen molar-refractivity contribution in [2.45, 2.75) is 19.3 Å². The molecule has 2 aromatic rings. The summed E-state index contributed by atoms with van der Waals surface area (Å²) in [6.07, 6.45) is 7.25. The number of carbonyl (C=O) groups is 2. The molecule has 0 unspecified atom stereocenters. The fraction of sp³-hybridized carbons (Fsp3) is 0.217. The van der Waals surface area contributed by atoms with E-state index in [-0.39, 0.29) is 17.1 Å². The molecule has 0 aromatic heterocycles. The van der Waals surface area contributed by atoms with E-state index in [0.29, 0.717) is 11.1 Å². The van der Waals surface area contributed by atoms with Crippen molar-refractivity contribution >= 4 is 17.3 Å². The molecule has 130 valence electrons. The number of ketones is 2. The van der Waals surface area contributed by atoms with Crippen molar-refractivity contribution in [3.63, 3.8) is 0 Å². The van der Waals surface area contributed by atoms with Crippen molar-refractivity contribution in [3.8, 4) is 0 Å². The second-order valence-corrected chi connectivity index (χ2v) is 6.75. The van der Waals surface area contributed by atoms with Gasteiger partial charge >= 0.3 is 0 Å². The van der Waals surface area contributed by atoms with Gasteiger partial charge in [-0.2, -0.15) is 0 Å². The second kappa shape index (κ2) is 7.12. The van der Waals surface area contributed by atoms with Crippen molar-refractivity contribution in [1.82, 2.24) is 4.90 Å². The number of carbonyl (C=O) groups excluding carboxylic acids is 2. The van der Waals surface area contributed by atoms with E-state index in [9.17, 15) is 9.59 Å². The van der Waals surface area contributed by atoms with Gasteiger partial charge in [0.15, 0.2) is 11.6 Å². The van der Waals surface area contributed by atoms with Crippen LogP contribution < -0.4 is 0 Å². The van der Waals surface area contributed by atoms with Crippen LogP contribution >= 0.6 is 0 Å². The number of hydrogen-bond donors (Lipinski definition) is 0. The summed E-state index contributed by atoms with van der Waals surface area (Å²) in [7, 11) is 0. The highest BCUT2D eigenvalue weighted by molar-refractivity contribution is 6.39. The summed E-state index contributed by atoms with van der Waals surface area (Å²) < 4.78 is 0. The Morgan fingerprint density at radius 1 is 0.769 bits per heavy atom. The standard InChI is InChI=1S/C23H21NO2/c25-22-18-11-5-6-12-19(18)23(26)20(22)13-14-21(17-9-3-1-4-10-17)24-15-7-2-8-16-24/h1,3-6,9-14H,2,7-8,15-16H2/b21-14+. The van der Waals surface area contributed by atoms with Gasteiger partial charge in [0.25, 0.3) is 0 Å². The van der Waals surface area contributed by atoms with Gasteiger partial charge in [-0.15, -0.1) is 0 Å². The summed E-state index contributed by atoms with van der Waals surface area (Å²) in [6, 6.07) is 17.2. The number of piperidine rings is 1. The summed E-state index contributed by atoms with van der Waals surface area (Å²) in [4.78, 5) is 27.6. The molecule has 0 bridgehead atoms. The third kappa shape index (κ3) is 3.01. The molecule has 3 nitrogen and oxygen atoms in total. The highest BCUT2D eigenvalue weighted by Gasteiger charge is 2.32. The molecule has 1 aliphatic heterocycles. The van der Waals surface area contributed by atoms with Gasteiger partial charge in [-0.1, -0.05) is 54.6 Å². The fourth-order valence-corrected chi connectivity index (χ4v) is 3.71. The van der Waals surface area contributed by atoms with Crippen LogP contribution in [0.2, 0.25) is 0 Å². The highest BCUT2D eigenvalue weighted by Crippen LogP contribution is 2.28. The van der Waals surface area contributed by atoms with Crippen molar-refractivity contribution < 1.29 is 9.59 Å². The number of nitrogens with zero attached hydrogens (tertiary/aromatic N) is 1. The maximum Gasteiger partial charge on any atom is 0.197 e. The highest BCUT2D eigenvalue weighted by atomic mass is 16.2. The zero-order valence-electron chi connectivity index (χ0n) is 14.7. The van der Waals surface area contributed by atoms with Gasteiger partial charge in [0.2, 0.25) is 0 Å². The smallest absolute Gasteiger partial charge is 0.197 e. The second-order valence-electron chi connectivity index (χ2n) is 6.75. The van der Waals surface area contributed by atoms with Crippen molar-refractivity contribution in [3.05, 3.63) is 89.0 Å². The van der Waals surface area contributed by atoms with E-state index in [2.05, 4.69) is 17.0 Å². The number of Topliss-reactive ketones (excluding diaryl/α,β-unsaturated/α-hetero) is 2. The van der Waals surface area contributed by atoms with Gasteiger partial charge in [0, 0.05) is 29.9 Å². The van der Waals surface area contributed by atoms with Crippen LogP contribution in [0.15, 0.2) is 72.3 Å². The molecule has 0 saturated carbocycles. The zero-order valence-corrected chi connectivity index (χ0v) is 14.7.